The van der Waals surface area contributed by atoms with E-state index in [0.717, 1.165) is 80.9 Å². The highest BCUT2D eigenvalue weighted by Gasteiger charge is 2.69. The van der Waals surface area contributed by atoms with Gasteiger partial charge in [-0.3, -0.25) is 24.0 Å². The Balaban J connectivity index is 1.04. The normalized spacial score (nSPS) is 47.5. The minimum atomic E-state index is -1.73. The zero-order chi connectivity index (χ0) is 45.6. The van der Waals surface area contributed by atoms with Crippen LogP contribution in [0.2, 0.25) is 0 Å². The molecule has 0 saturated heterocycles. The summed E-state index contributed by atoms with van der Waals surface area (Å²) in [6, 6.07) is 1.82. The molecule has 0 bridgehead atoms. The van der Waals surface area contributed by atoms with E-state index in [1.165, 1.54) is 5.57 Å². The van der Waals surface area contributed by atoms with Gasteiger partial charge in [0.2, 0.25) is 11.6 Å². The minimum absolute atomic E-state index is 0.0252. The molecule has 1 N–H and O–H groups in total. The second-order valence-electron chi connectivity index (χ2n) is 24.9. The van der Waals surface area contributed by atoms with Crippen molar-refractivity contribution in [3.8, 4) is 11.5 Å². The van der Waals surface area contributed by atoms with Crippen LogP contribution in [0.5, 0.6) is 11.5 Å². The monoisotopic (exact) mass is 855 g/mol. The zero-order valence-corrected chi connectivity index (χ0v) is 40.1. The molecule has 6 fully saturated rings. The number of ether oxygens (including phenoxy) is 1. The van der Waals surface area contributed by atoms with Crippen molar-refractivity contribution >= 4 is 28.9 Å². The van der Waals surface area contributed by atoms with Gasteiger partial charge < -0.3 is 9.84 Å². The molecule has 0 unspecified atom stereocenters. The number of allylic oxidation sites excluding steroid dienone is 6. The Kier molecular flexibility index (Phi) is 8.69. The number of phenols is 1. The summed E-state index contributed by atoms with van der Waals surface area (Å²) in [6.45, 7) is 26.4. The largest absolute Gasteiger partial charge is 0.504 e. The third kappa shape index (κ3) is 5.07. The van der Waals surface area contributed by atoms with Gasteiger partial charge in [-0.25, -0.2) is 0 Å². The number of ketones is 5. The molecule has 0 heterocycles. The van der Waals surface area contributed by atoms with Gasteiger partial charge in [0.25, 0.3) is 0 Å². The van der Waals surface area contributed by atoms with E-state index < -0.39 is 28.0 Å². The Bertz CT molecular complexity index is 2520. The average Bonchev–Trinajstić information content (AvgIpc) is 3.21. The van der Waals surface area contributed by atoms with E-state index in [1.54, 1.807) is 19.9 Å². The second-order valence-corrected chi connectivity index (χ2v) is 24.9. The first kappa shape index (κ1) is 43.0. The molecular weight excluding hydrogens is 785 g/mol. The third-order valence-corrected chi connectivity index (χ3v) is 21.9. The number of carbonyl (C=O) groups excluding carboxylic acids is 5. The van der Waals surface area contributed by atoms with Gasteiger partial charge in [0.1, 0.15) is 11.6 Å². The van der Waals surface area contributed by atoms with E-state index in [9.17, 15) is 29.1 Å². The smallest absolute Gasteiger partial charge is 0.250 e. The molecule has 10 rings (SSSR count). The fourth-order valence-electron chi connectivity index (χ4n) is 17.4. The summed E-state index contributed by atoms with van der Waals surface area (Å²) >= 11 is 0. The highest BCUT2D eigenvalue weighted by molar-refractivity contribution is 6.46. The van der Waals surface area contributed by atoms with Crippen molar-refractivity contribution in [2.45, 2.75) is 171 Å². The standard InChI is InChI=1S/C56H70O7/c1-30-23-42-48(4,28-38(30)59)15-19-52(8)41-14-13-33-34(50(41,6)17-21-53(42,52)9)25-37(58)47(62)56(33,12)63-40-26-35-45(32(3)46(40)61)36(57)27-44-51(35,7)18-22-54(10)43-24-31(2)39(60)29-49(43,5)16-20-55(44,54)11/h13-14,25-27,30-31,42-43,61H,15-24,28-29H2,1-12H3/t30-,31-,42-,43-,48+,49+,50+,51+,52-,53+,54+,55-,56+/m1/s1. The first-order valence-electron chi connectivity index (χ1n) is 24.3. The summed E-state index contributed by atoms with van der Waals surface area (Å²) in [5.74, 6) is 0.0838. The molecular formula is C56H70O7. The zero-order valence-electron chi connectivity index (χ0n) is 40.1. The van der Waals surface area contributed by atoms with Crippen LogP contribution in [0.15, 0.2) is 52.7 Å². The molecule has 63 heavy (non-hydrogen) atoms. The van der Waals surface area contributed by atoms with E-state index in [0.29, 0.717) is 52.9 Å². The van der Waals surface area contributed by atoms with E-state index in [4.69, 9.17) is 4.74 Å². The maximum Gasteiger partial charge on any atom is 0.250 e. The van der Waals surface area contributed by atoms with Crippen molar-refractivity contribution in [3.63, 3.8) is 0 Å². The first-order chi connectivity index (χ1) is 29.2. The number of hydrogen-bond donors (Lipinski definition) is 1. The van der Waals surface area contributed by atoms with Crippen LogP contribution in [0.25, 0.3) is 0 Å². The number of hydrogen-bond acceptors (Lipinski definition) is 7. The maximum atomic E-state index is 14.5. The molecule has 0 spiro atoms. The van der Waals surface area contributed by atoms with E-state index in [1.807, 2.05) is 18.2 Å². The molecule has 9 aliphatic carbocycles. The van der Waals surface area contributed by atoms with Gasteiger partial charge in [0, 0.05) is 52.2 Å². The van der Waals surface area contributed by atoms with Crippen LogP contribution in [0.4, 0.5) is 0 Å². The summed E-state index contributed by atoms with van der Waals surface area (Å²) in [5.41, 5.74) is 2.04. The molecule has 0 aliphatic heterocycles. The minimum Gasteiger partial charge on any atom is -0.504 e. The Hall–Kier alpha value is -3.87. The Morgan fingerprint density at radius 2 is 1.13 bits per heavy atom. The molecule has 7 nitrogen and oxygen atoms in total. The number of benzene rings is 1. The quantitative estimate of drug-likeness (QED) is 0.295. The van der Waals surface area contributed by atoms with Crippen LogP contribution >= 0.6 is 0 Å². The van der Waals surface area contributed by atoms with Gasteiger partial charge >= 0.3 is 0 Å². The molecule has 9 aliphatic rings. The number of rotatable bonds is 2. The van der Waals surface area contributed by atoms with Gasteiger partial charge in [0.05, 0.1) is 0 Å². The summed E-state index contributed by atoms with van der Waals surface area (Å²) < 4.78 is 6.92. The topological polar surface area (TPSA) is 115 Å². The fourth-order valence-corrected chi connectivity index (χ4v) is 17.4. The van der Waals surface area contributed by atoms with Crippen LogP contribution < -0.4 is 4.74 Å². The Labute approximate surface area is 375 Å². The summed E-state index contributed by atoms with van der Waals surface area (Å²) in [7, 11) is 0. The molecule has 6 saturated carbocycles. The third-order valence-electron chi connectivity index (χ3n) is 21.9. The molecule has 7 heteroatoms. The number of phenolic OH excluding ortho intramolecular Hbond substituents is 1. The van der Waals surface area contributed by atoms with E-state index in [-0.39, 0.29) is 61.6 Å². The predicted molar refractivity (Wildman–Crippen MR) is 243 cm³/mol. The van der Waals surface area contributed by atoms with Gasteiger partial charge in [-0.05, 0) is 157 Å². The fraction of sp³-hybridized carbons (Fsp3) is 0.661. The lowest BCUT2D eigenvalue weighted by Crippen LogP contribution is -2.62. The van der Waals surface area contributed by atoms with Crippen LogP contribution in [0, 0.1) is 68.5 Å². The molecule has 0 radical (unpaired) electrons. The van der Waals surface area contributed by atoms with E-state index >= 15 is 0 Å². The van der Waals surface area contributed by atoms with Crippen LogP contribution in [-0.2, 0) is 24.6 Å². The van der Waals surface area contributed by atoms with Gasteiger partial charge in [-0.2, -0.15) is 0 Å². The van der Waals surface area contributed by atoms with Crippen molar-refractivity contribution in [1.29, 1.82) is 0 Å². The summed E-state index contributed by atoms with van der Waals surface area (Å²) in [4.78, 5) is 69.2. The molecule has 13 atom stereocenters. The molecule has 1 aromatic carbocycles. The van der Waals surface area contributed by atoms with Crippen molar-refractivity contribution in [1.82, 2.24) is 0 Å². The highest BCUT2D eigenvalue weighted by atomic mass is 16.5. The summed E-state index contributed by atoms with van der Waals surface area (Å²) in [5, 5.41) is 12.0. The lowest BCUT2D eigenvalue weighted by Gasteiger charge is -2.69. The van der Waals surface area contributed by atoms with Crippen molar-refractivity contribution in [2.75, 3.05) is 0 Å². The van der Waals surface area contributed by atoms with Gasteiger partial charge in [-0.1, -0.05) is 87.0 Å². The number of fused-ring (bicyclic) bond motifs is 14. The van der Waals surface area contributed by atoms with Gasteiger partial charge in [0.15, 0.2) is 22.9 Å². The van der Waals surface area contributed by atoms with Crippen LogP contribution in [0.1, 0.15) is 175 Å². The first-order valence-corrected chi connectivity index (χ1v) is 24.3. The lowest BCUT2D eigenvalue weighted by molar-refractivity contribution is -0.162. The lowest BCUT2D eigenvalue weighted by atomic mass is 9.35. The summed E-state index contributed by atoms with van der Waals surface area (Å²) in [6.07, 6.45) is 17.9. The number of carbonyl (C=O) groups is 5. The second kappa shape index (κ2) is 12.7. The van der Waals surface area contributed by atoms with Gasteiger partial charge in [-0.15, -0.1) is 0 Å². The highest BCUT2D eigenvalue weighted by Crippen LogP contribution is 2.76. The predicted octanol–water partition coefficient (Wildman–Crippen LogP) is 11.6. The molecule has 336 valence electrons. The van der Waals surface area contributed by atoms with Crippen molar-refractivity contribution < 1.29 is 33.8 Å². The van der Waals surface area contributed by atoms with Crippen molar-refractivity contribution in [3.05, 3.63) is 69.4 Å². The Morgan fingerprint density at radius 1 is 0.603 bits per heavy atom. The molecule has 0 amide bonds. The molecule has 1 aromatic rings. The SMILES string of the molecule is Cc1c(O)c(O[C@]2(C)C(=O)C(=O)C=C3C2=CC=C2[C@@]3(C)CC[C@@]3(C)[C@@H]4C[C@@H](C)C(=O)C[C@]4(C)CC[C@]23C)cc2c1C(=O)C=C1[C@@]2(C)CC[C@@]2(C)[C@@H]3C[C@@H](C)C(=O)C[C@]3(C)CC[C@]12C. The Morgan fingerprint density at radius 3 is 1.68 bits per heavy atom. The van der Waals surface area contributed by atoms with E-state index in [2.05, 4.69) is 75.3 Å². The van der Waals surface area contributed by atoms with Crippen LogP contribution in [-0.4, -0.2) is 39.6 Å². The maximum absolute atomic E-state index is 14.5. The average molecular weight is 855 g/mol. The van der Waals surface area contributed by atoms with Crippen LogP contribution in [0.3, 0.4) is 0 Å². The number of Topliss-reactive ketones (excluding diaryl/α,β-unsaturated/α-hetero) is 3. The van der Waals surface area contributed by atoms with Crippen molar-refractivity contribution in [2.24, 2.45) is 61.6 Å². The number of aromatic hydroxyl groups is 1. The molecule has 0 aromatic heterocycles.